The van der Waals surface area contributed by atoms with Gasteiger partial charge in [-0.1, -0.05) is 0 Å². The highest BCUT2D eigenvalue weighted by atomic mass is 32.2. The van der Waals surface area contributed by atoms with Gasteiger partial charge in [0.25, 0.3) is 5.69 Å². The van der Waals surface area contributed by atoms with Crippen molar-refractivity contribution < 1.29 is 18.4 Å². The van der Waals surface area contributed by atoms with Gasteiger partial charge in [-0.2, -0.15) is 0 Å². The quantitative estimate of drug-likeness (QED) is 0.617. The van der Waals surface area contributed by atoms with E-state index in [0.717, 1.165) is 0 Å². The topological polar surface area (TPSA) is 110 Å². The molecular weight excluding hydrogens is 272 g/mol. The second-order valence-electron chi connectivity index (χ2n) is 4.37. The van der Waals surface area contributed by atoms with Crippen LogP contribution in [0.5, 0.6) is 0 Å². The first-order valence-corrected chi connectivity index (χ1v) is 7.06. The van der Waals surface area contributed by atoms with Gasteiger partial charge in [0.1, 0.15) is 0 Å². The van der Waals surface area contributed by atoms with Gasteiger partial charge >= 0.3 is 0 Å². The molecule has 7 nitrogen and oxygen atoms in total. The van der Waals surface area contributed by atoms with Crippen molar-refractivity contribution >= 4 is 15.7 Å². The largest absolute Gasteiger partial charge is 0.395 e. The van der Waals surface area contributed by atoms with E-state index in [1.807, 2.05) is 0 Å². The summed E-state index contributed by atoms with van der Waals surface area (Å²) in [7, 11) is -4.04. The van der Waals surface area contributed by atoms with Gasteiger partial charge in [-0.15, -0.1) is 0 Å². The van der Waals surface area contributed by atoms with Crippen molar-refractivity contribution in [2.45, 2.75) is 31.7 Å². The molecule has 19 heavy (non-hydrogen) atoms. The summed E-state index contributed by atoms with van der Waals surface area (Å²) in [5, 5.41) is 19.8. The molecule has 0 amide bonds. The van der Waals surface area contributed by atoms with E-state index in [0.29, 0.717) is 11.1 Å². The lowest BCUT2D eigenvalue weighted by molar-refractivity contribution is -0.387. The average molecular weight is 288 g/mol. The van der Waals surface area contributed by atoms with Crippen LogP contribution in [0.4, 0.5) is 5.69 Å². The summed E-state index contributed by atoms with van der Waals surface area (Å²) in [6, 6.07) is 1.78. The van der Waals surface area contributed by atoms with E-state index < -0.39 is 33.3 Å². The number of benzene rings is 1. The molecule has 0 bridgehead atoms. The molecule has 1 aromatic rings. The smallest absolute Gasteiger partial charge is 0.289 e. The summed E-state index contributed by atoms with van der Waals surface area (Å²) in [6.45, 7) is 4.42. The number of sulfonamides is 1. The molecule has 1 aromatic carbocycles. The standard InChI is InChI=1S/C11H16N2O5S/c1-7-4-10(13(15)16)11(5-8(7)2)19(17,18)12-9(3)6-14/h4-5,9,12,14H,6H2,1-3H3. The minimum absolute atomic E-state index is 0.388. The van der Waals surface area contributed by atoms with Crippen LogP contribution in [0.15, 0.2) is 17.0 Å². The van der Waals surface area contributed by atoms with Crippen LogP contribution in [-0.4, -0.2) is 31.1 Å². The Hall–Kier alpha value is -1.51. The Morgan fingerprint density at radius 1 is 1.37 bits per heavy atom. The van der Waals surface area contributed by atoms with E-state index in [9.17, 15) is 18.5 Å². The summed E-state index contributed by atoms with van der Waals surface area (Å²) >= 11 is 0. The molecule has 0 saturated carbocycles. The van der Waals surface area contributed by atoms with Gasteiger partial charge in [-0.05, 0) is 38.0 Å². The fourth-order valence-electron chi connectivity index (χ4n) is 1.50. The van der Waals surface area contributed by atoms with Crippen molar-refractivity contribution in [3.8, 4) is 0 Å². The molecule has 0 saturated heterocycles. The maximum atomic E-state index is 12.1. The highest BCUT2D eigenvalue weighted by molar-refractivity contribution is 7.89. The van der Waals surface area contributed by atoms with Crippen LogP contribution in [0.1, 0.15) is 18.1 Å². The molecule has 8 heteroatoms. The van der Waals surface area contributed by atoms with Gasteiger partial charge in [0.15, 0.2) is 4.90 Å². The third-order valence-electron chi connectivity index (χ3n) is 2.69. The van der Waals surface area contributed by atoms with Gasteiger partial charge in [-0.25, -0.2) is 13.1 Å². The minimum atomic E-state index is -4.04. The number of nitrogens with zero attached hydrogens (tertiary/aromatic N) is 1. The van der Waals surface area contributed by atoms with Crippen LogP contribution in [0.2, 0.25) is 0 Å². The number of hydrogen-bond donors (Lipinski definition) is 2. The molecule has 1 unspecified atom stereocenters. The molecule has 0 aliphatic rings. The molecule has 0 aromatic heterocycles. The van der Waals surface area contributed by atoms with E-state index in [1.54, 1.807) is 13.8 Å². The zero-order chi connectivity index (χ0) is 14.8. The Kier molecular flexibility index (Phi) is 4.61. The minimum Gasteiger partial charge on any atom is -0.395 e. The van der Waals surface area contributed by atoms with Crippen LogP contribution in [0.3, 0.4) is 0 Å². The first-order chi connectivity index (χ1) is 8.69. The van der Waals surface area contributed by atoms with Crippen molar-refractivity contribution in [2.24, 2.45) is 0 Å². The molecule has 0 fully saturated rings. The fourth-order valence-corrected chi connectivity index (χ4v) is 2.97. The molecule has 106 valence electrons. The number of rotatable bonds is 5. The van der Waals surface area contributed by atoms with E-state index in [2.05, 4.69) is 4.72 Å². The maximum absolute atomic E-state index is 12.1. The molecule has 0 aliphatic heterocycles. The molecule has 1 rings (SSSR count). The van der Waals surface area contributed by atoms with Crippen molar-refractivity contribution in [1.29, 1.82) is 0 Å². The lowest BCUT2D eigenvalue weighted by Gasteiger charge is -2.13. The van der Waals surface area contributed by atoms with Crippen LogP contribution in [0.25, 0.3) is 0 Å². The van der Waals surface area contributed by atoms with Crippen LogP contribution < -0.4 is 4.72 Å². The summed E-state index contributed by atoms with van der Waals surface area (Å²) in [4.78, 5) is 9.83. The zero-order valence-electron chi connectivity index (χ0n) is 10.9. The van der Waals surface area contributed by atoms with Crippen LogP contribution in [0, 0.1) is 24.0 Å². The van der Waals surface area contributed by atoms with Gasteiger partial charge in [0.2, 0.25) is 10.0 Å². The van der Waals surface area contributed by atoms with E-state index >= 15 is 0 Å². The predicted octanol–water partition coefficient (Wildman–Crippen LogP) is 0.871. The normalized spacial score (nSPS) is 13.3. The number of aryl methyl sites for hydroxylation is 2. The summed E-state index contributed by atoms with van der Waals surface area (Å²) in [5.74, 6) is 0. The van der Waals surface area contributed by atoms with Crippen molar-refractivity contribution in [3.05, 3.63) is 33.4 Å². The number of nitrogens with one attached hydrogen (secondary N) is 1. The van der Waals surface area contributed by atoms with Crippen molar-refractivity contribution in [3.63, 3.8) is 0 Å². The molecule has 2 N–H and O–H groups in total. The SMILES string of the molecule is Cc1cc([N+](=O)[O-])c(S(=O)(=O)NC(C)CO)cc1C. The molecule has 0 aliphatic carbocycles. The van der Waals surface area contributed by atoms with Crippen LogP contribution in [-0.2, 0) is 10.0 Å². The Morgan fingerprint density at radius 3 is 2.37 bits per heavy atom. The number of nitro benzene ring substituents is 1. The van der Waals surface area contributed by atoms with E-state index in [4.69, 9.17) is 5.11 Å². The van der Waals surface area contributed by atoms with Crippen molar-refractivity contribution in [1.82, 2.24) is 4.72 Å². The fraction of sp³-hybridized carbons (Fsp3) is 0.455. The van der Waals surface area contributed by atoms with Gasteiger partial charge < -0.3 is 5.11 Å². The third-order valence-corrected chi connectivity index (χ3v) is 4.31. The molecular formula is C11H16N2O5S. The van der Waals surface area contributed by atoms with Crippen molar-refractivity contribution in [2.75, 3.05) is 6.61 Å². The first-order valence-electron chi connectivity index (χ1n) is 5.58. The zero-order valence-corrected chi connectivity index (χ0v) is 11.7. The Balaban J connectivity index is 3.40. The maximum Gasteiger partial charge on any atom is 0.289 e. The monoisotopic (exact) mass is 288 g/mol. The summed E-state index contributed by atoms with van der Waals surface area (Å²) in [5.41, 5.74) is 0.809. The second-order valence-corrected chi connectivity index (χ2v) is 6.05. The number of aliphatic hydroxyl groups is 1. The highest BCUT2D eigenvalue weighted by Crippen LogP contribution is 2.27. The highest BCUT2D eigenvalue weighted by Gasteiger charge is 2.27. The van der Waals surface area contributed by atoms with E-state index in [1.165, 1.54) is 19.1 Å². The average Bonchev–Trinajstić information content (AvgIpc) is 2.30. The Bertz CT molecular complexity index is 597. The lowest BCUT2D eigenvalue weighted by Crippen LogP contribution is -2.35. The van der Waals surface area contributed by atoms with E-state index in [-0.39, 0.29) is 4.90 Å². The van der Waals surface area contributed by atoms with Gasteiger partial charge in [0.05, 0.1) is 11.5 Å². The van der Waals surface area contributed by atoms with Crippen LogP contribution >= 0.6 is 0 Å². The Labute approximate surface area is 111 Å². The molecule has 0 radical (unpaired) electrons. The molecule has 0 heterocycles. The molecule has 0 spiro atoms. The number of nitro groups is 1. The van der Waals surface area contributed by atoms with Gasteiger partial charge in [0, 0.05) is 12.1 Å². The lowest BCUT2D eigenvalue weighted by atomic mass is 10.1. The predicted molar refractivity (Wildman–Crippen MR) is 69.4 cm³/mol. The summed E-state index contributed by atoms with van der Waals surface area (Å²) < 4.78 is 26.3. The first kappa shape index (κ1) is 15.5. The third kappa shape index (κ3) is 3.49. The number of hydrogen-bond acceptors (Lipinski definition) is 5. The van der Waals surface area contributed by atoms with Gasteiger partial charge in [-0.3, -0.25) is 10.1 Å². The second kappa shape index (κ2) is 5.64. The Morgan fingerprint density at radius 2 is 1.89 bits per heavy atom. The number of aliphatic hydroxyl groups excluding tert-OH is 1. The summed E-state index contributed by atoms with van der Waals surface area (Å²) in [6.07, 6.45) is 0. The molecule has 1 atom stereocenters.